The van der Waals surface area contributed by atoms with Gasteiger partial charge >= 0.3 is 0 Å². The van der Waals surface area contributed by atoms with Crippen molar-refractivity contribution in [1.29, 1.82) is 0 Å². The third kappa shape index (κ3) is 3.31. The Labute approximate surface area is 199 Å². The van der Waals surface area contributed by atoms with Crippen LogP contribution < -0.4 is 4.74 Å². The van der Waals surface area contributed by atoms with Crippen molar-refractivity contribution in [1.82, 2.24) is 9.47 Å². The maximum absolute atomic E-state index is 13.5. The number of ether oxygens (including phenoxy) is 1. The number of aromatic nitrogens is 1. The number of rotatable bonds is 4. The second-order valence-corrected chi connectivity index (χ2v) is 9.49. The van der Waals surface area contributed by atoms with E-state index in [2.05, 4.69) is 0 Å². The summed E-state index contributed by atoms with van der Waals surface area (Å²) in [5.74, 6) is -0.546. The zero-order valence-corrected chi connectivity index (χ0v) is 20.1. The number of hydrogen-bond donors (Lipinski definition) is 1. The van der Waals surface area contributed by atoms with Crippen LogP contribution in [0.1, 0.15) is 54.0 Å². The van der Waals surface area contributed by atoms with Crippen molar-refractivity contribution in [3.63, 3.8) is 0 Å². The van der Waals surface area contributed by atoms with Crippen molar-refractivity contribution in [2.24, 2.45) is 7.05 Å². The number of aryl methyl sites for hydroxylation is 3. The summed E-state index contributed by atoms with van der Waals surface area (Å²) >= 11 is 0. The first-order valence-electron chi connectivity index (χ1n) is 11.8. The van der Waals surface area contributed by atoms with E-state index in [9.17, 15) is 14.7 Å². The smallest absolute Gasteiger partial charge is 0.295 e. The number of Topliss-reactive ketones (excluding diaryl/α,β-unsaturated/α-hetero) is 1. The fraction of sp³-hybridized carbons (Fsp3) is 0.357. The van der Waals surface area contributed by atoms with Crippen molar-refractivity contribution in [2.75, 3.05) is 7.11 Å². The van der Waals surface area contributed by atoms with Gasteiger partial charge in [0.05, 0.1) is 18.7 Å². The topological polar surface area (TPSA) is 71.8 Å². The van der Waals surface area contributed by atoms with Gasteiger partial charge in [0.1, 0.15) is 11.5 Å². The van der Waals surface area contributed by atoms with E-state index in [0.717, 1.165) is 53.3 Å². The summed E-state index contributed by atoms with van der Waals surface area (Å²) < 4.78 is 7.44. The van der Waals surface area contributed by atoms with E-state index < -0.39 is 17.7 Å². The molecule has 5 rings (SSSR count). The van der Waals surface area contributed by atoms with Crippen LogP contribution in [-0.4, -0.2) is 39.4 Å². The normalized spacial score (nSPS) is 20.6. The maximum atomic E-state index is 13.5. The predicted molar refractivity (Wildman–Crippen MR) is 132 cm³/mol. The standard InChI is InChI=1S/C28H30N2O4/c1-16-14-23(34-4)17(2)13-20(16)26(31)24-25(21-15-29(3)22-12-8-7-11-19(21)22)30(28(33)27(24)32)18-9-5-6-10-18/h7-8,11-15,18,25,31H,5-6,9-10H2,1-4H3/b26-24+. The number of carbonyl (C=O) groups is 2. The predicted octanol–water partition coefficient (Wildman–Crippen LogP) is 5.17. The molecule has 1 aromatic heterocycles. The lowest BCUT2D eigenvalue weighted by molar-refractivity contribution is -0.141. The van der Waals surface area contributed by atoms with Gasteiger partial charge in [-0.25, -0.2) is 0 Å². The molecule has 0 radical (unpaired) electrons. The summed E-state index contributed by atoms with van der Waals surface area (Å²) in [6.07, 6.45) is 5.80. The lowest BCUT2D eigenvalue weighted by Crippen LogP contribution is -2.37. The van der Waals surface area contributed by atoms with E-state index in [1.54, 1.807) is 12.0 Å². The summed E-state index contributed by atoms with van der Waals surface area (Å²) in [4.78, 5) is 28.7. The van der Waals surface area contributed by atoms with Gasteiger partial charge in [-0.15, -0.1) is 0 Å². The van der Waals surface area contributed by atoms with Gasteiger partial charge in [0.15, 0.2) is 0 Å². The molecule has 1 aliphatic heterocycles. The molecule has 1 saturated carbocycles. The lowest BCUT2D eigenvalue weighted by Gasteiger charge is -2.30. The molecule has 2 fully saturated rings. The van der Waals surface area contributed by atoms with E-state index in [0.29, 0.717) is 11.3 Å². The van der Waals surface area contributed by atoms with Gasteiger partial charge in [-0.3, -0.25) is 9.59 Å². The number of carbonyl (C=O) groups excluding carboxylic acids is 2. The summed E-state index contributed by atoms with van der Waals surface area (Å²) in [6, 6.07) is 11.0. The average molecular weight is 459 g/mol. The van der Waals surface area contributed by atoms with Gasteiger partial charge in [0, 0.05) is 41.3 Å². The Morgan fingerprint density at radius 2 is 1.76 bits per heavy atom. The zero-order chi connectivity index (χ0) is 24.1. The van der Waals surface area contributed by atoms with Crippen molar-refractivity contribution in [3.05, 3.63) is 70.4 Å². The molecule has 6 heteroatoms. The second kappa shape index (κ2) is 8.35. The molecule has 1 aliphatic carbocycles. The molecule has 2 aromatic carbocycles. The van der Waals surface area contributed by atoms with E-state index in [1.165, 1.54) is 0 Å². The Balaban J connectivity index is 1.77. The van der Waals surface area contributed by atoms with Gasteiger partial charge in [0.2, 0.25) is 0 Å². The zero-order valence-electron chi connectivity index (χ0n) is 20.1. The molecule has 1 unspecified atom stereocenters. The first-order valence-corrected chi connectivity index (χ1v) is 11.8. The molecule has 0 spiro atoms. The van der Waals surface area contributed by atoms with Crippen molar-refractivity contribution < 1.29 is 19.4 Å². The summed E-state index contributed by atoms with van der Waals surface area (Å²) in [5.41, 5.74) is 4.23. The number of amides is 1. The highest BCUT2D eigenvalue weighted by Crippen LogP contribution is 2.46. The minimum atomic E-state index is -0.629. The molecule has 176 valence electrons. The molecule has 3 aromatic rings. The SMILES string of the molecule is COc1cc(C)c(/C(O)=C2\C(=O)C(=O)N(C3CCCC3)C2c2cn(C)c3ccccc23)cc1C. The molecule has 1 saturated heterocycles. The molecule has 1 amide bonds. The number of fused-ring (bicyclic) bond motifs is 1. The van der Waals surface area contributed by atoms with Gasteiger partial charge in [-0.1, -0.05) is 31.0 Å². The highest BCUT2D eigenvalue weighted by molar-refractivity contribution is 6.46. The minimum Gasteiger partial charge on any atom is -0.507 e. The largest absolute Gasteiger partial charge is 0.507 e. The highest BCUT2D eigenvalue weighted by atomic mass is 16.5. The van der Waals surface area contributed by atoms with E-state index >= 15 is 0 Å². The van der Waals surface area contributed by atoms with Gasteiger partial charge in [0.25, 0.3) is 11.7 Å². The fourth-order valence-corrected chi connectivity index (χ4v) is 5.72. The van der Waals surface area contributed by atoms with Gasteiger partial charge in [-0.2, -0.15) is 0 Å². The van der Waals surface area contributed by atoms with E-state index in [-0.39, 0.29) is 17.4 Å². The molecule has 1 atom stereocenters. The number of aliphatic hydroxyl groups is 1. The Hall–Kier alpha value is -3.54. The van der Waals surface area contributed by atoms with E-state index in [1.807, 2.05) is 68.1 Å². The Kier molecular flexibility index (Phi) is 5.47. The monoisotopic (exact) mass is 458 g/mol. The van der Waals surface area contributed by atoms with Gasteiger partial charge < -0.3 is 19.3 Å². The van der Waals surface area contributed by atoms with Crippen molar-refractivity contribution in [3.8, 4) is 5.75 Å². The Morgan fingerprint density at radius 1 is 1.06 bits per heavy atom. The molecule has 2 heterocycles. The average Bonchev–Trinajstić information content (AvgIpc) is 3.53. The van der Waals surface area contributed by atoms with Crippen LogP contribution in [-0.2, 0) is 16.6 Å². The van der Waals surface area contributed by atoms with Crippen molar-refractivity contribution in [2.45, 2.75) is 51.6 Å². The Morgan fingerprint density at radius 3 is 2.47 bits per heavy atom. The maximum Gasteiger partial charge on any atom is 0.295 e. The molecule has 6 nitrogen and oxygen atoms in total. The molecular formula is C28H30N2O4. The van der Waals surface area contributed by atoms with Crippen LogP contribution in [0.5, 0.6) is 5.75 Å². The number of likely N-dealkylation sites (tertiary alicyclic amines) is 1. The highest BCUT2D eigenvalue weighted by Gasteiger charge is 2.50. The van der Waals surface area contributed by atoms with Crippen molar-refractivity contribution >= 4 is 28.4 Å². The number of ketones is 1. The van der Waals surface area contributed by atoms with Gasteiger partial charge in [-0.05, 0) is 56.0 Å². The van der Waals surface area contributed by atoms with Crippen LogP contribution in [0.15, 0.2) is 48.2 Å². The van der Waals surface area contributed by atoms with Crippen LogP contribution in [0.2, 0.25) is 0 Å². The summed E-state index contributed by atoms with van der Waals surface area (Å²) in [6.45, 7) is 3.77. The summed E-state index contributed by atoms with van der Waals surface area (Å²) in [7, 11) is 3.57. The van der Waals surface area contributed by atoms with Crippen LogP contribution in [0.4, 0.5) is 0 Å². The number of para-hydroxylation sites is 1. The van der Waals surface area contributed by atoms with Crippen LogP contribution in [0, 0.1) is 13.8 Å². The number of methoxy groups -OCH3 is 1. The molecule has 0 bridgehead atoms. The second-order valence-electron chi connectivity index (χ2n) is 9.49. The van der Waals surface area contributed by atoms with Crippen LogP contribution in [0.25, 0.3) is 16.7 Å². The van der Waals surface area contributed by atoms with Crippen LogP contribution >= 0.6 is 0 Å². The molecular weight excluding hydrogens is 428 g/mol. The summed E-state index contributed by atoms with van der Waals surface area (Å²) in [5, 5.41) is 12.6. The molecule has 34 heavy (non-hydrogen) atoms. The number of aliphatic hydroxyl groups excluding tert-OH is 1. The lowest BCUT2D eigenvalue weighted by atomic mass is 9.92. The minimum absolute atomic E-state index is 0.00980. The Bertz CT molecular complexity index is 1340. The number of benzene rings is 2. The van der Waals surface area contributed by atoms with E-state index in [4.69, 9.17) is 4.74 Å². The first kappa shape index (κ1) is 22.3. The third-order valence-corrected chi connectivity index (χ3v) is 7.42. The molecule has 1 N–H and O–H groups in total. The number of hydrogen-bond acceptors (Lipinski definition) is 4. The first-order chi connectivity index (χ1) is 16.3. The molecule has 2 aliphatic rings. The van der Waals surface area contributed by atoms with Crippen LogP contribution in [0.3, 0.4) is 0 Å². The third-order valence-electron chi connectivity index (χ3n) is 7.42. The fourth-order valence-electron chi connectivity index (χ4n) is 5.72. The quantitative estimate of drug-likeness (QED) is 0.333. The number of nitrogens with zero attached hydrogens (tertiary/aromatic N) is 2.